The molecule has 1 atom stereocenters. The first kappa shape index (κ1) is 20.8. The Morgan fingerprint density at radius 3 is 2.50 bits per heavy atom. The Morgan fingerprint density at radius 2 is 1.80 bits per heavy atom. The number of aromatic nitrogens is 3. The van der Waals surface area contributed by atoms with Crippen molar-refractivity contribution in [1.82, 2.24) is 14.5 Å². The van der Waals surface area contributed by atoms with E-state index in [0.717, 1.165) is 31.7 Å². The highest BCUT2D eigenvalue weighted by molar-refractivity contribution is 9.10. The topological polar surface area (TPSA) is 51.0 Å². The fraction of sp³-hybridized carbons (Fsp3) is 0.217. The molecule has 154 valence electrons. The fourth-order valence-electron chi connectivity index (χ4n) is 3.47. The Balaban J connectivity index is 1.87. The molecule has 0 amide bonds. The smallest absolute Gasteiger partial charge is 0.153 e. The van der Waals surface area contributed by atoms with Gasteiger partial charge >= 0.3 is 0 Å². The lowest BCUT2D eigenvalue weighted by molar-refractivity contribution is 0.681. The molecule has 2 aromatic heterocycles. The number of anilines is 1. The average molecular weight is 483 g/mol. The summed E-state index contributed by atoms with van der Waals surface area (Å²) in [6, 6.07) is 17.7. The maximum absolute atomic E-state index is 13.2. The molecule has 4 rings (SSSR count). The van der Waals surface area contributed by atoms with E-state index in [1.165, 1.54) is 5.56 Å². The molecule has 0 spiro atoms. The van der Waals surface area contributed by atoms with Crippen molar-refractivity contribution in [2.45, 2.75) is 24.7 Å². The number of imidazole rings is 1. The van der Waals surface area contributed by atoms with Gasteiger partial charge in [0.25, 0.3) is 0 Å². The number of hydrogen-bond acceptors (Lipinski definition) is 3. The summed E-state index contributed by atoms with van der Waals surface area (Å²) in [6.45, 7) is 4.35. The van der Waals surface area contributed by atoms with Crippen LogP contribution < -0.4 is 4.31 Å². The Labute approximate surface area is 187 Å². The van der Waals surface area contributed by atoms with E-state index < -0.39 is 11.0 Å². The SMILES string of the molecule is CC(C)c1ccccc1-c1nc(N(C)S(=O)c2ccc(Br)cc2)cc2c1ncn2C. The average Bonchev–Trinajstić information content (AvgIpc) is 3.13. The number of nitrogens with zero attached hydrogens (tertiary/aromatic N) is 4. The van der Waals surface area contributed by atoms with E-state index in [9.17, 15) is 4.21 Å². The van der Waals surface area contributed by atoms with Gasteiger partial charge < -0.3 is 4.57 Å². The third-order valence-electron chi connectivity index (χ3n) is 5.12. The van der Waals surface area contributed by atoms with E-state index in [0.29, 0.717) is 11.7 Å². The van der Waals surface area contributed by atoms with Gasteiger partial charge in [-0.2, -0.15) is 0 Å². The van der Waals surface area contributed by atoms with Gasteiger partial charge in [-0.1, -0.05) is 54.0 Å². The number of pyridine rings is 1. The number of benzene rings is 2. The quantitative estimate of drug-likeness (QED) is 0.367. The molecule has 7 heteroatoms. The zero-order valence-corrected chi connectivity index (χ0v) is 19.7. The van der Waals surface area contributed by atoms with Crippen molar-refractivity contribution < 1.29 is 4.21 Å². The van der Waals surface area contributed by atoms with Gasteiger partial charge in [0.2, 0.25) is 0 Å². The third-order valence-corrected chi connectivity index (χ3v) is 7.01. The molecule has 0 saturated carbocycles. The van der Waals surface area contributed by atoms with Crippen LogP contribution in [-0.4, -0.2) is 25.8 Å². The third kappa shape index (κ3) is 3.79. The Hall–Kier alpha value is -2.51. The van der Waals surface area contributed by atoms with Gasteiger partial charge in [-0.25, -0.2) is 14.2 Å². The lowest BCUT2D eigenvalue weighted by atomic mass is 9.94. The second kappa shape index (κ2) is 8.32. The number of rotatable bonds is 5. The largest absolute Gasteiger partial charge is 0.334 e. The number of fused-ring (bicyclic) bond motifs is 1. The molecule has 0 radical (unpaired) electrons. The number of hydrogen-bond donors (Lipinski definition) is 0. The molecular formula is C23H23BrN4OS. The van der Waals surface area contributed by atoms with Crippen molar-refractivity contribution in [3.05, 3.63) is 71.0 Å². The van der Waals surface area contributed by atoms with Crippen LogP contribution in [-0.2, 0) is 18.0 Å². The first-order chi connectivity index (χ1) is 14.4. The first-order valence-corrected chi connectivity index (χ1v) is 11.6. The van der Waals surface area contributed by atoms with Crippen LogP contribution in [0.15, 0.2) is 70.3 Å². The molecule has 2 aromatic carbocycles. The molecule has 5 nitrogen and oxygen atoms in total. The molecule has 0 bridgehead atoms. The summed E-state index contributed by atoms with van der Waals surface area (Å²) >= 11 is 3.43. The summed E-state index contributed by atoms with van der Waals surface area (Å²) in [4.78, 5) is 10.3. The predicted molar refractivity (Wildman–Crippen MR) is 127 cm³/mol. The Morgan fingerprint density at radius 1 is 1.10 bits per heavy atom. The minimum absolute atomic E-state index is 0.347. The van der Waals surface area contributed by atoms with Gasteiger partial charge in [0.05, 0.1) is 16.7 Å². The summed E-state index contributed by atoms with van der Waals surface area (Å²) in [5.74, 6) is 0.987. The fourth-order valence-corrected chi connectivity index (χ4v) is 4.69. The van der Waals surface area contributed by atoms with Gasteiger partial charge in [-0.05, 0) is 35.7 Å². The zero-order chi connectivity index (χ0) is 21.4. The van der Waals surface area contributed by atoms with Crippen molar-refractivity contribution in [1.29, 1.82) is 0 Å². The van der Waals surface area contributed by atoms with Crippen LogP contribution >= 0.6 is 15.9 Å². The summed E-state index contributed by atoms with van der Waals surface area (Å²) < 4.78 is 17.8. The molecule has 0 fully saturated rings. The lowest BCUT2D eigenvalue weighted by Gasteiger charge is -2.19. The van der Waals surface area contributed by atoms with Gasteiger partial charge in [-0.3, -0.25) is 4.31 Å². The second-order valence-corrected chi connectivity index (χ2v) is 9.93. The minimum atomic E-state index is -1.38. The molecule has 0 aliphatic rings. The summed E-state index contributed by atoms with van der Waals surface area (Å²) in [7, 11) is 2.38. The maximum Gasteiger partial charge on any atom is 0.153 e. The van der Waals surface area contributed by atoms with Crippen molar-refractivity contribution in [3.63, 3.8) is 0 Å². The number of halogens is 1. The summed E-state index contributed by atoms with van der Waals surface area (Å²) in [5, 5.41) is 0. The molecule has 0 saturated heterocycles. The van der Waals surface area contributed by atoms with E-state index in [2.05, 4.69) is 46.9 Å². The second-order valence-electron chi connectivity index (χ2n) is 7.49. The molecule has 0 N–H and O–H groups in total. The Bertz CT molecular complexity index is 1230. The van der Waals surface area contributed by atoms with Crippen LogP contribution in [0, 0.1) is 0 Å². The summed E-state index contributed by atoms with van der Waals surface area (Å²) in [5.41, 5.74) is 4.88. The van der Waals surface area contributed by atoms with Crippen molar-refractivity contribution in [2.24, 2.45) is 7.05 Å². The molecule has 0 aliphatic carbocycles. The van der Waals surface area contributed by atoms with E-state index >= 15 is 0 Å². The van der Waals surface area contributed by atoms with E-state index in [-0.39, 0.29) is 0 Å². The van der Waals surface area contributed by atoms with Crippen LogP contribution in [0.4, 0.5) is 5.82 Å². The highest BCUT2D eigenvalue weighted by atomic mass is 79.9. The van der Waals surface area contributed by atoms with Crippen LogP contribution in [0.2, 0.25) is 0 Å². The molecule has 4 aromatic rings. The van der Waals surface area contributed by atoms with Gasteiger partial charge in [-0.15, -0.1) is 0 Å². The van der Waals surface area contributed by atoms with Crippen molar-refractivity contribution in [2.75, 3.05) is 11.4 Å². The molecular weight excluding hydrogens is 460 g/mol. The molecule has 2 heterocycles. The molecule has 0 aliphatic heterocycles. The highest BCUT2D eigenvalue weighted by Gasteiger charge is 2.20. The zero-order valence-electron chi connectivity index (χ0n) is 17.3. The van der Waals surface area contributed by atoms with Crippen molar-refractivity contribution in [3.8, 4) is 11.3 Å². The van der Waals surface area contributed by atoms with Crippen molar-refractivity contribution >= 4 is 43.8 Å². The van der Waals surface area contributed by atoms with Crippen LogP contribution in [0.5, 0.6) is 0 Å². The van der Waals surface area contributed by atoms with Crippen LogP contribution in [0.1, 0.15) is 25.3 Å². The number of aryl methyl sites for hydroxylation is 1. The van der Waals surface area contributed by atoms with Gasteiger partial charge in [0, 0.05) is 30.2 Å². The van der Waals surface area contributed by atoms with E-state index in [4.69, 9.17) is 4.98 Å². The van der Waals surface area contributed by atoms with E-state index in [1.54, 1.807) is 17.7 Å². The Kier molecular flexibility index (Phi) is 5.75. The standard InChI is InChI=1S/C23H23BrN4OS/c1-15(2)18-7-5-6-8-19(18)22-23-20(27(3)14-25-23)13-21(26-22)28(4)30(29)17-11-9-16(24)10-12-17/h5-15H,1-4H3. The maximum atomic E-state index is 13.2. The molecule has 1 unspecified atom stereocenters. The predicted octanol–water partition coefficient (Wildman–Crippen LogP) is 5.68. The minimum Gasteiger partial charge on any atom is -0.334 e. The van der Waals surface area contributed by atoms with Gasteiger partial charge in [0.1, 0.15) is 17.0 Å². The van der Waals surface area contributed by atoms with Crippen LogP contribution in [0.3, 0.4) is 0 Å². The lowest BCUT2D eigenvalue weighted by Crippen LogP contribution is -2.21. The first-order valence-electron chi connectivity index (χ1n) is 9.69. The summed E-state index contributed by atoms with van der Waals surface area (Å²) in [6.07, 6.45) is 1.79. The highest BCUT2D eigenvalue weighted by Crippen LogP contribution is 2.34. The van der Waals surface area contributed by atoms with Gasteiger partial charge in [0.15, 0.2) is 11.0 Å². The monoisotopic (exact) mass is 482 g/mol. The normalized spacial score (nSPS) is 12.5. The molecule has 30 heavy (non-hydrogen) atoms. The van der Waals surface area contributed by atoms with E-state index in [1.807, 2.05) is 54.1 Å². The van der Waals surface area contributed by atoms with Crippen LogP contribution in [0.25, 0.3) is 22.3 Å².